The second-order valence-electron chi connectivity index (χ2n) is 8.01. The van der Waals surface area contributed by atoms with E-state index in [0.717, 1.165) is 11.8 Å². The Kier molecular flexibility index (Phi) is 8.46. The number of hydrogen-bond acceptors (Lipinski definition) is 10. The molecule has 1 amide bonds. The molecule has 196 valence electrons. The zero-order valence-corrected chi connectivity index (χ0v) is 22.9. The van der Waals surface area contributed by atoms with Crippen molar-refractivity contribution < 1.29 is 13.2 Å². The maximum atomic E-state index is 13.1. The summed E-state index contributed by atoms with van der Waals surface area (Å²) in [5.74, 6) is -0.198. The maximum Gasteiger partial charge on any atom is 0.263 e. The highest BCUT2D eigenvalue weighted by Gasteiger charge is 2.26. The Morgan fingerprint density at radius 3 is 2.46 bits per heavy atom. The number of sulfonamides is 1. The zero-order valence-electron chi connectivity index (χ0n) is 20.5. The van der Waals surface area contributed by atoms with Gasteiger partial charge in [-0.25, -0.2) is 18.4 Å². The third-order valence-electron chi connectivity index (χ3n) is 5.48. The molecule has 0 saturated carbocycles. The normalized spacial score (nSPS) is 11.7. The number of anilines is 3. The minimum absolute atomic E-state index is 0.00412. The highest BCUT2D eigenvalue weighted by Crippen LogP contribution is 2.38. The number of nitrogens with two attached hydrogens (primary N) is 1. The fraction of sp³-hybridized carbons (Fsp3) is 0.115. The Hall–Kier alpha value is -4.43. The number of carbonyl (C=O) groups is 1. The number of hydrogen-bond donors (Lipinski definition) is 3. The first-order valence-electron chi connectivity index (χ1n) is 11.4. The zero-order chi connectivity index (χ0) is 28.0. The molecule has 0 saturated heterocycles. The van der Waals surface area contributed by atoms with Gasteiger partial charge in [-0.3, -0.25) is 9.52 Å². The third-order valence-corrected chi connectivity index (χ3v) is 8.88. The monoisotopic (exact) mass is 575 g/mol. The first kappa shape index (κ1) is 27.6. The number of amides is 1. The van der Waals surface area contributed by atoms with Crippen molar-refractivity contribution in [3.8, 4) is 23.3 Å². The van der Waals surface area contributed by atoms with E-state index in [1.807, 2.05) is 23.8 Å². The summed E-state index contributed by atoms with van der Waals surface area (Å²) in [5, 5.41) is 25.6. The molecule has 1 atom stereocenters. The SMILES string of the molecule is CCC(Sc1nc(N)c(C#N)c(-c2ccsc2)c1C#N)C(=O)Nc1ccc(S(=O)(=O)Nc2ccccn2)cc1. The molecule has 39 heavy (non-hydrogen) atoms. The van der Waals surface area contributed by atoms with Crippen LogP contribution < -0.4 is 15.8 Å². The van der Waals surface area contributed by atoms with Crippen LogP contribution in [-0.2, 0) is 14.8 Å². The number of nitrogens with zero attached hydrogens (tertiary/aromatic N) is 4. The largest absolute Gasteiger partial charge is 0.383 e. The number of thioether (sulfide) groups is 1. The average Bonchev–Trinajstić information content (AvgIpc) is 3.46. The summed E-state index contributed by atoms with van der Waals surface area (Å²) in [7, 11) is -3.86. The van der Waals surface area contributed by atoms with Gasteiger partial charge in [0, 0.05) is 17.4 Å². The summed E-state index contributed by atoms with van der Waals surface area (Å²) < 4.78 is 27.7. The van der Waals surface area contributed by atoms with Gasteiger partial charge in [0.05, 0.1) is 15.7 Å². The number of benzene rings is 1. The van der Waals surface area contributed by atoms with Gasteiger partial charge in [0.25, 0.3) is 10.0 Å². The number of nitriles is 2. The van der Waals surface area contributed by atoms with Crippen molar-refractivity contribution in [1.82, 2.24) is 9.97 Å². The van der Waals surface area contributed by atoms with Crippen LogP contribution in [-0.4, -0.2) is 29.5 Å². The van der Waals surface area contributed by atoms with Gasteiger partial charge >= 0.3 is 0 Å². The van der Waals surface area contributed by atoms with Gasteiger partial charge in [0.2, 0.25) is 5.91 Å². The van der Waals surface area contributed by atoms with Crippen molar-refractivity contribution in [3.63, 3.8) is 0 Å². The Morgan fingerprint density at radius 1 is 1.13 bits per heavy atom. The molecular weight excluding hydrogens is 555 g/mol. The summed E-state index contributed by atoms with van der Waals surface area (Å²) in [6.45, 7) is 1.81. The first-order chi connectivity index (χ1) is 18.8. The lowest BCUT2D eigenvalue weighted by Crippen LogP contribution is -2.25. The number of pyridine rings is 2. The van der Waals surface area contributed by atoms with Crippen molar-refractivity contribution in [2.45, 2.75) is 28.5 Å². The summed E-state index contributed by atoms with van der Waals surface area (Å²) in [6.07, 6.45) is 1.88. The van der Waals surface area contributed by atoms with E-state index in [4.69, 9.17) is 5.73 Å². The van der Waals surface area contributed by atoms with E-state index < -0.39 is 15.3 Å². The number of nitrogens with one attached hydrogen (secondary N) is 2. The van der Waals surface area contributed by atoms with Crippen molar-refractivity contribution >= 4 is 56.4 Å². The number of nitrogen functional groups attached to an aromatic ring is 1. The summed E-state index contributed by atoms with van der Waals surface area (Å²) in [4.78, 5) is 21.4. The standard InChI is InChI=1S/C26H21N7O3S3/c1-2-21(38-26-20(14-28)23(16-10-12-37-15-16)19(13-27)24(29)32-26)25(34)31-17-6-8-18(9-7-17)39(35,36)33-22-5-3-4-11-30-22/h3-12,15,21H,2H2,1H3,(H2,29,32)(H,30,33)(H,31,34). The van der Waals surface area contributed by atoms with Crippen LogP contribution in [0.2, 0.25) is 0 Å². The fourth-order valence-electron chi connectivity index (χ4n) is 3.60. The van der Waals surface area contributed by atoms with Crippen molar-refractivity contribution in [2.75, 3.05) is 15.8 Å². The second-order valence-corrected chi connectivity index (χ2v) is 11.7. The minimum atomic E-state index is -3.86. The molecule has 0 aliphatic heterocycles. The smallest absolute Gasteiger partial charge is 0.263 e. The summed E-state index contributed by atoms with van der Waals surface area (Å²) >= 11 is 2.49. The van der Waals surface area contributed by atoms with E-state index in [1.165, 1.54) is 47.9 Å². The van der Waals surface area contributed by atoms with Gasteiger partial charge in [-0.05, 0) is 65.2 Å². The molecule has 10 nitrogen and oxygen atoms in total. The molecule has 4 aromatic rings. The Morgan fingerprint density at radius 2 is 1.87 bits per heavy atom. The van der Waals surface area contributed by atoms with E-state index in [1.54, 1.807) is 18.2 Å². The first-order valence-corrected chi connectivity index (χ1v) is 14.8. The van der Waals surface area contributed by atoms with Crippen LogP contribution in [0.25, 0.3) is 11.1 Å². The predicted molar refractivity (Wildman–Crippen MR) is 151 cm³/mol. The molecular formula is C26H21N7O3S3. The lowest BCUT2D eigenvalue weighted by atomic mass is 9.99. The Bertz CT molecular complexity index is 1680. The van der Waals surface area contributed by atoms with Crippen molar-refractivity contribution in [2.24, 2.45) is 0 Å². The summed E-state index contributed by atoms with van der Waals surface area (Å²) in [6, 6.07) is 16.5. The van der Waals surface area contributed by atoms with Crippen LogP contribution in [0.3, 0.4) is 0 Å². The van der Waals surface area contributed by atoms with Crippen LogP contribution in [0, 0.1) is 22.7 Å². The molecule has 0 radical (unpaired) electrons. The van der Waals surface area contributed by atoms with Gasteiger partial charge in [0.15, 0.2) is 0 Å². The van der Waals surface area contributed by atoms with Crippen LogP contribution in [0.1, 0.15) is 24.5 Å². The molecule has 0 aliphatic carbocycles. The molecule has 0 spiro atoms. The topological polar surface area (TPSA) is 175 Å². The molecule has 4 rings (SSSR count). The molecule has 0 fully saturated rings. The fourth-order valence-corrected chi connectivity index (χ4v) is 6.27. The number of aromatic nitrogens is 2. The molecule has 1 aromatic carbocycles. The molecule has 1 unspecified atom stereocenters. The van der Waals surface area contributed by atoms with Gasteiger partial charge in [-0.15, -0.1) is 0 Å². The van der Waals surface area contributed by atoms with Gasteiger partial charge in [-0.2, -0.15) is 21.9 Å². The van der Waals surface area contributed by atoms with E-state index >= 15 is 0 Å². The highest BCUT2D eigenvalue weighted by atomic mass is 32.2. The van der Waals surface area contributed by atoms with Gasteiger partial charge in [-0.1, -0.05) is 24.8 Å². The Balaban J connectivity index is 1.54. The molecule has 0 aliphatic rings. The van der Waals surface area contributed by atoms with E-state index in [9.17, 15) is 23.7 Å². The van der Waals surface area contributed by atoms with Crippen LogP contribution in [0.5, 0.6) is 0 Å². The number of thiophene rings is 1. The van der Waals surface area contributed by atoms with Gasteiger partial charge in [0.1, 0.15) is 34.4 Å². The third kappa shape index (κ3) is 6.18. The molecule has 0 bridgehead atoms. The average molecular weight is 576 g/mol. The lowest BCUT2D eigenvalue weighted by molar-refractivity contribution is -0.115. The van der Waals surface area contributed by atoms with E-state index in [-0.39, 0.29) is 38.6 Å². The Labute approximate surface area is 233 Å². The second kappa shape index (κ2) is 12.0. The maximum absolute atomic E-state index is 13.1. The quantitative estimate of drug-likeness (QED) is 0.236. The predicted octanol–water partition coefficient (Wildman–Crippen LogP) is 4.84. The number of carbonyl (C=O) groups excluding carboxylic acids is 1. The van der Waals surface area contributed by atoms with Crippen LogP contribution >= 0.6 is 23.1 Å². The number of rotatable bonds is 9. The van der Waals surface area contributed by atoms with Crippen molar-refractivity contribution in [3.05, 3.63) is 76.6 Å². The van der Waals surface area contributed by atoms with Gasteiger partial charge < -0.3 is 11.1 Å². The van der Waals surface area contributed by atoms with E-state index in [2.05, 4.69) is 26.1 Å². The summed E-state index contributed by atoms with van der Waals surface area (Å²) in [5.41, 5.74) is 7.81. The lowest BCUT2D eigenvalue weighted by Gasteiger charge is -2.17. The molecule has 4 N–H and O–H groups in total. The molecule has 3 heterocycles. The van der Waals surface area contributed by atoms with Crippen LogP contribution in [0.4, 0.5) is 17.3 Å². The highest BCUT2D eigenvalue weighted by molar-refractivity contribution is 8.00. The molecule has 3 aromatic heterocycles. The van der Waals surface area contributed by atoms with Crippen LogP contribution in [0.15, 0.2) is 75.4 Å². The minimum Gasteiger partial charge on any atom is -0.383 e. The van der Waals surface area contributed by atoms with E-state index in [0.29, 0.717) is 23.2 Å². The van der Waals surface area contributed by atoms with Crippen molar-refractivity contribution in [1.29, 1.82) is 10.5 Å². The molecule has 13 heteroatoms.